The standard InChI is InChI=1S/C19H17N5OS/c1-13-8-20-17-16(9-21-24(17)10-13)19(25)23(2)11-15-12-26-18(22-15)14-6-4-3-5-7-14/h3-10,12H,11H2,1-2H3. The Labute approximate surface area is 154 Å². The van der Waals surface area contributed by atoms with Crippen LogP contribution in [0.25, 0.3) is 16.2 Å². The van der Waals surface area contributed by atoms with E-state index in [1.165, 1.54) is 0 Å². The maximum atomic E-state index is 12.8. The average molecular weight is 363 g/mol. The first-order valence-corrected chi connectivity index (χ1v) is 9.05. The van der Waals surface area contributed by atoms with E-state index in [2.05, 4.69) is 15.1 Å². The fraction of sp³-hybridized carbons (Fsp3) is 0.158. The monoisotopic (exact) mass is 363 g/mol. The maximum absolute atomic E-state index is 12.8. The molecule has 1 amide bonds. The van der Waals surface area contributed by atoms with Gasteiger partial charge in [0.1, 0.15) is 10.6 Å². The van der Waals surface area contributed by atoms with Crippen LogP contribution in [0.5, 0.6) is 0 Å². The smallest absolute Gasteiger partial charge is 0.259 e. The van der Waals surface area contributed by atoms with E-state index in [1.807, 2.05) is 48.8 Å². The van der Waals surface area contributed by atoms with Crippen molar-refractivity contribution in [2.24, 2.45) is 0 Å². The van der Waals surface area contributed by atoms with Crippen LogP contribution >= 0.6 is 11.3 Å². The predicted octanol–water partition coefficient (Wildman–Crippen LogP) is 3.43. The zero-order valence-electron chi connectivity index (χ0n) is 14.5. The lowest BCUT2D eigenvalue weighted by molar-refractivity contribution is 0.0785. The molecule has 0 spiro atoms. The number of hydrogen-bond donors (Lipinski definition) is 0. The van der Waals surface area contributed by atoms with Gasteiger partial charge in [-0.1, -0.05) is 30.3 Å². The Morgan fingerprint density at radius 2 is 2.04 bits per heavy atom. The van der Waals surface area contributed by atoms with Crippen LogP contribution in [-0.2, 0) is 6.54 Å². The number of carbonyl (C=O) groups is 1. The molecule has 3 aromatic heterocycles. The Kier molecular flexibility index (Phi) is 4.22. The molecule has 0 N–H and O–H groups in total. The van der Waals surface area contributed by atoms with E-state index in [1.54, 1.807) is 40.2 Å². The summed E-state index contributed by atoms with van der Waals surface area (Å²) in [4.78, 5) is 23.4. The van der Waals surface area contributed by atoms with Gasteiger partial charge in [0.15, 0.2) is 5.65 Å². The molecule has 4 aromatic rings. The van der Waals surface area contributed by atoms with E-state index in [0.717, 1.165) is 21.8 Å². The lowest BCUT2D eigenvalue weighted by Gasteiger charge is -2.14. The molecule has 0 saturated carbocycles. The summed E-state index contributed by atoms with van der Waals surface area (Å²) in [6.45, 7) is 2.37. The molecule has 4 rings (SSSR count). The van der Waals surface area contributed by atoms with Gasteiger partial charge in [0.2, 0.25) is 0 Å². The minimum atomic E-state index is -0.120. The van der Waals surface area contributed by atoms with Crippen LogP contribution in [-0.4, -0.2) is 37.4 Å². The molecular weight excluding hydrogens is 346 g/mol. The number of fused-ring (bicyclic) bond motifs is 1. The van der Waals surface area contributed by atoms with E-state index in [-0.39, 0.29) is 5.91 Å². The Hall–Kier alpha value is -3.06. The van der Waals surface area contributed by atoms with Crippen LogP contribution in [0.3, 0.4) is 0 Å². The fourth-order valence-electron chi connectivity index (χ4n) is 2.73. The van der Waals surface area contributed by atoms with Gasteiger partial charge in [-0.2, -0.15) is 5.10 Å². The first-order valence-electron chi connectivity index (χ1n) is 8.17. The summed E-state index contributed by atoms with van der Waals surface area (Å²) in [5.41, 5.74) is 4.00. The lowest BCUT2D eigenvalue weighted by Crippen LogP contribution is -2.26. The number of hydrogen-bond acceptors (Lipinski definition) is 5. The zero-order chi connectivity index (χ0) is 18.1. The van der Waals surface area contributed by atoms with Crippen molar-refractivity contribution >= 4 is 22.9 Å². The van der Waals surface area contributed by atoms with Crippen molar-refractivity contribution < 1.29 is 4.79 Å². The van der Waals surface area contributed by atoms with E-state index in [4.69, 9.17) is 0 Å². The van der Waals surface area contributed by atoms with Gasteiger partial charge in [-0.15, -0.1) is 11.3 Å². The number of benzene rings is 1. The minimum absolute atomic E-state index is 0.120. The van der Waals surface area contributed by atoms with Crippen molar-refractivity contribution in [3.05, 3.63) is 71.1 Å². The normalized spacial score (nSPS) is 11.0. The zero-order valence-corrected chi connectivity index (χ0v) is 15.3. The van der Waals surface area contributed by atoms with Gasteiger partial charge in [0.25, 0.3) is 5.91 Å². The molecular formula is C19H17N5OS. The molecule has 3 heterocycles. The Bertz CT molecular complexity index is 1070. The van der Waals surface area contributed by atoms with Gasteiger partial charge in [-0.25, -0.2) is 14.5 Å². The van der Waals surface area contributed by atoms with Crippen LogP contribution in [0.2, 0.25) is 0 Å². The molecule has 26 heavy (non-hydrogen) atoms. The number of carbonyl (C=O) groups excluding carboxylic acids is 1. The molecule has 0 aliphatic carbocycles. The van der Waals surface area contributed by atoms with Gasteiger partial charge in [0.05, 0.1) is 18.4 Å². The number of aromatic nitrogens is 4. The van der Waals surface area contributed by atoms with Crippen molar-refractivity contribution in [3.63, 3.8) is 0 Å². The van der Waals surface area contributed by atoms with E-state index in [9.17, 15) is 4.79 Å². The number of thiazole rings is 1. The number of aryl methyl sites for hydroxylation is 1. The average Bonchev–Trinajstić information content (AvgIpc) is 3.28. The molecule has 0 radical (unpaired) electrons. The minimum Gasteiger partial charge on any atom is -0.336 e. The number of rotatable bonds is 4. The summed E-state index contributed by atoms with van der Waals surface area (Å²) in [6, 6.07) is 10.0. The molecule has 0 atom stereocenters. The highest BCUT2D eigenvalue weighted by molar-refractivity contribution is 7.13. The molecule has 0 aliphatic rings. The van der Waals surface area contributed by atoms with Crippen LogP contribution in [0.4, 0.5) is 0 Å². The van der Waals surface area contributed by atoms with Crippen molar-refractivity contribution in [2.75, 3.05) is 7.05 Å². The molecule has 0 aliphatic heterocycles. The summed E-state index contributed by atoms with van der Waals surface area (Å²) < 4.78 is 1.63. The van der Waals surface area contributed by atoms with Crippen molar-refractivity contribution in [3.8, 4) is 10.6 Å². The van der Waals surface area contributed by atoms with Gasteiger partial charge >= 0.3 is 0 Å². The van der Waals surface area contributed by atoms with E-state index in [0.29, 0.717) is 17.8 Å². The molecule has 7 heteroatoms. The third kappa shape index (κ3) is 3.09. The van der Waals surface area contributed by atoms with Crippen LogP contribution in [0.1, 0.15) is 21.6 Å². The highest BCUT2D eigenvalue weighted by atomic mass is 32.1. The molecule has 0 bridgehead atoms. The fourth-order valence-corrected chi connectivity index (χ4v) is 3.55. The topological polar surface area (TPSA) is 63.4 Å². The SMILES string of the molecule is Cc1cnc2c(C(=O)N(C)Cc3csc(-c4ccccc4)n3)cnn2c1. The molecule has 0 unspecified atom stereocenters. The Morgan fingerprint density at radius 3 is 2.85 bits per heavy atom. The Balaban J connectivity index is 1.53. The van der Waals surface area contributed by atoms with Gasteiger partial charge in [0, 0.05) is 30.4 Å². The maximum Gasteiger partial charge on any atom is 0.259 e. The highest BCUT2D eigenvalue weighted by Crippen LogP contribution is 2.24. The summed E-state index contributed by atoms with van der Waals surface area (Å²) in [6.07, 6.45) is 5.16. The van der Waals surface area contributed by atoms with Gasteiger partial charge in [-0.3, -0.25) is 4.79 Å². The van der Waals surface area contributed by atoms with Crippen molar-refractivity contribution in [2.45, 2.75) is 13.5 Å². The van der Waals surface area contributed by atoms with E-state index >= 15 is 0 Å². The largest absolute Gasteiger partial charge is 0.336 e. The molecule has 0 saturated heterocycles. The van der Waals surface area contributed by atoms with Crippen molar-refractivity contribution in [1.82, 2.24) is 24.5 Å². The second-order valence-corrected chi connectivity index (χ2v) is 6.99. The molecule has 6 nitrogen and oxygen atoms in total. The molecule has 0 fully saturated rings. The number of nitrogens with zero attached hydrogens (tertiary/aromatic N) is 5. The predicted molar refractivity (Wildman–Crippen MR) is 101 cm³/mol. The highest BCUT2D eigenvalue weighted by Gasteiger charge is 2.19. The summed E-state index contributed by atoms with van der Waals surface area (Å²) >= 11 is 1.58. The summed E-state index contributed by atoms with van der Waals surface area (Å²) in [7, 11) is 1.77. The Morgan fingerprint density at radius 1 is 1.23 bits per heavy atom. The second kappa shape index (κ2) is 6.68. The summed E-state index contributed by atoms with van der Waals surface area (Å²) in [5, 5.41) is 7.17. The van der Waals surface area contributed by atoms with Gasteiger partial charge in [-0.05, 0) is 12.5 Å². The second-order valence-electron chi connectivity index (χ2n) is 6.13. The first kappa shape index (κ1) is 16.4. The third-order valence-electron chi connectivity index (χ3n) is 4.03. The number of amides is 1. The molecule has 1 aromatic carbocycles. The summed E-state index contributed by atoms with van der Waals surface area (Å²) in [5.74, 6) is -0.120. The van der Waals surface area contributed by atoms with Crippen LogP contribution < -0.4 is 0 Å². The first-order chi connectivity index (χ1) is 12.6. The third-order valence-corrected chi connectivity index (χ3v) is 4.97. The van der Waals surface area contributed by atoms with Gasteiger partial charge < -0.3 is 4.90 Å². The van der Waals surface area contributed by atoms with Crippen LogP contribution in [0.15, 0.2) is 54.3 Å². The molecule has 130 valence electrons. The van der Waals surface area contributed by atoms with Crippen molar-refractivity contribution in [1.29, 1.82) is 0 Å². The van der Waals surface area contributed by atoms with Crippen LogP contribution in [0, 0.1) is 6.92 Å². The quantitative estimate of drug-likeness (QED) is 0.557. The lowest BCUT2D eigenvalue weighted by atomic mass is 10.2. The van der Waals surface area contributed by atoms with E-state index < -0.39 is 0 Å².